The molecule has 2 heterocycles. The second-order valence-electron chi connectivity index (χ2n) is 6.78. The first-order valence-corrected chi connectivity index (χ1v) is 10.4. The van der Waals surface area contributed by atoms with Crippen LogP contribution in [0.15, 0.2) is 30.3 Å². The van der Waals surface area contributed by atoms with Crippen molar-refractivity contribution >= 4 is 21.5 Å². The molecular weight excluding hydrogens is 326 g/mol. The van der Waals surface area contributed by atoms with E-state index in [9.17, 15) is 18.0 Å². The van der Waals surface area contributed by atoms with Crippen molar-refractivity contribution in [3.8, 4) is 0 Å². The van der Waals surface area contributed by atoms with E-state index in [-0.39, 0.29) is 35.2 Å². The number of carbonyl (C=O) groups excluding carboxylic acids is 2. The van der Waals surface area contributed by atoms with E-state index in [1.54, 1.807) is 17.0 Å². The number of likely N-dealkylation sites (tertiary alicyclic amines) is 1. The summed E-state index contributed by atoms with van der Waals surface area (Å²) in [7, 11) is -2.90. The molecule has 0 radical (unpaired) electrons. The zero-order valence-electron chi connectivity index (χ0n) is 13.7. The first-order chi connectivity index (χ1) is 11.5. The minimum atomic E-state index is -2.90. The second-order valence-corrected chi connectivity index (χ2v) is 9.01. The van der Waals surface area contributed by atoms with Crippen molar-refractivity contribution in [1.29, 1.82) is 0 Å². The molecule has 6 heteroatoms. The standard InChI is InChI=1S/C18H23NO4S/c20-17(9-8-14-10-12-24(22,23)13-14)19-11-4-7-16(19)18(21)15-5-2-1-3-6-15/h1-3,5-6,14,16H,4,7-13H2. The predicted octanol–water partition coefficient (Wildman–Crippen LogP) is 2.08. The van der Waals surface area contributed by atoms with Gasteiger partial charge < -0.3 is 4.90 Å². The topological polar surface area (TPSA) is 71.5 Å². The summed E-state index contributed by atoms with van der Waals surface area (Å²) in [5.41, 5.74) is 0.643. The van der Waals surface area contributed by atoms with E-state index in [0.717, 1.165) is 6.42 Å². The number of nitrogens with zero attached hydrogens (tertiary/aromatic N) is 1. The van der Waals surface area contributed by atoms with E-state index in [1.165, 1.54) is 0 Å². The predicted molar refractivity (Wildman–Crippen MR) is 91.5 cm³/mol. The number of Topliss-reactive ketones (excluding diaryl/α,β-unsaturated/α-hetero) is 1. The summed E-state index contributed by atoms with van der Waals surface area (Å²) in [5.74, 6) is 0.512. The van der Waals surface area contributed by atoms with Crippen molar-refractivity contribution in [1.82, 2.24) is 4.90 Å². The van der Waals surface area contributed by atoms with Crippen LogP contribution < -0.4 is 0 Å². The molecule has 0 aromatic heterocycles. The average Bonchev–Trinajstić information content (AvgIpc) is 3.19. The highest BCUT2D eigenvalue weighted by atomic mass is 32.2. The molecule has 1 amide bonds. The summed E-state index contributed by atoms with van der Waals surface area (Å²) in [6, 6.07) is 8.72. The number of carbonyl (C=O) groups is 2. The Kier molecular flexibility index (Phi) is 5.04. The molecule has 1 aromatic rings. The Morgan fingerprint density at radius 1 is 1.12 bits per heavy atom. The first kappa shape index (κ1) is 17.1. The monoisotopic (exact) mass is 349 g/mol. The molecule has 0 N–H and O–H groups in total. The van der Waals surface area contributed by atoms with E-state index in [2.05, 4.69) is 0 Å². The largest absolute Gasteiger partial charge is 0.332 e. The van der Waals surface area contributed by atoms with Gasteiger partial charge in [0.05, 0.1) is 17.5 Å². The Hall–Kier alpha value is -1.69. The van der Waals surface area contributed by atoms with E-state index in [4.69, 9.17) is 0 Å². The fraction of sp³-hybridized carbons (Fsp3) is 0.556. The van der Waals surface area contributed by atoms with Gasteiger partial charge in [-0.15, -0.1) is 0 Å². The van der Waals surface area contributed by atoms with Crippen LogP contribution in [-0.2, 0) is 14.6 Å². The number of amides is 1. The molecular formula is C18H23NO4S. The van der Waals surface area contributed by atoms with E-state index in [1.807, 2.05) is 18.2 Å². The zero-order chi connectivity index (χ0) is 17.2. The maximum Gasteiger partial charge on any atom is 0.223 e. The molecule has 2 saturated heterocycles. The van der Waals surface area contributed by atoms with Gasteiger partial charge in [-0.3, -0.25) is 9.59 Å². The van der Waals surface area contributed by atoms with Gasteiger partial charge in [0.1, 0.15) is 0 Å². The summed E-state index contributed by atoms with van der Waals surface area (Å²) < 4.78 is 23.0. The number of ketones is 1. The van der Waals surface area contributed by atoms with Gasteiger partial charge >= 0.3 is 0 Å². The van der Waals surface area contributed by atoms with Gasteiger partial charge in [-0.05, 0) is 31.6 Å². The fourth-order valence-electron chi connectivity index (χ4n) is 3.70. The van der Waals surface area contributed by atoms with Crippen LogP contribution in [0.5, 0.6) is 0 Å². The van der Waals surface area contributed by atoms with Gasteiger partial charge in [0.2, 0.25) is 5.91 Å². The molecule has 2 unspecified atom stereocenters. The van der Waals surface area contributed by atoms with Crippen molar-refractivity contribution in [2.45, 2.75) is 38.1 Å². The molecule has 130 valence electrons. The smallest absolute Gasteiger partial charge is 0.223 e. The number of benzene rings is 1. The number of rotatable bonds is 5. The lowest BCUT2D eigenvalue weighted by atomic mass is 10.0. The molecule has 3 rings (SSSR count). The molecule has 5 nitrogen and oxygen atoms in total. The van der Waals surface area contributed by atoms with Gasteiger partial charge in [-0.2, -0.15) is 0 Å². The zero-order valence-corrected chi connectivity index (χ0v) is 14.5. The first-order valence-electron chi connectivity index (χ1n) is 8.55. The van der Waals surface area contributed by atoms with Gasteiger partial charge in [-0.1, -0.05) is 30.3 Å². The lowest BCUT2D eigenvalue weighted by Gasteiger charge is -2.24. The van der Waals surface area contributed by atoms with Crippen molar-refractivity contribution in [3.05, 3.63) is 35.9 Å². The quantitative estimate of drug-likeness (QED) is 0.763. The van der Waals surface area contributed by atoms with E-state index >= 15 is 0 Å². The maximum absolute atomic E-state index is 12.6. The maximum atomic E-state index is 12.6. The van der Waals surface area contributed by atoms with Crippen molar-refractivity contribution in [2.24, 2.45) is 5.92 Å². The minimum Gasteiger partial charge on any atom is -0.332 e. The van der Waals surface area contributed by atoms with Gasteiger partial charge in [-0.25, -0.2) is 8.42 Å². The molecule has 2 aliphatic heterocycles. The lowest BCUT2D eigenvalue weighted by Crippen LogP contribution is -2.40. The van der Waals surface area contributed by atoms with E-state index < -0.39 is 9.84 Å². The third-order valence-electron chi connectivity index (χ3n) is 5.03. The molecule has 1 aromatic carbocycles. The van der Waals surface area contributed by atoms with Crippen LogP contribution in [0.2, 0.25) is 0 Å². The van der Waals surface area contributed by atoms with Crippen LogP contribution in [0.1, 0.15) is 42.5 Å². The molecule has 0 bridgehead atoms. The lowest BCUT2D eigenvalue weighted by molar-refractivity contribution is -0.131. The normalized spacial score (nSPS) is 25.8. The Morgan fingerprint density at radius 2 is 1.88 bits per heavy atom. The average molecular weight is 349 g/mol. The Bertz CT molecular complexity index is 714. The van der Waals surface area contributed by atoms with Crippen LogP contribution in [0.25, 0.3) is 0 Å². The van der Waals surface area contributed by atoms with Crippen LogP contribution in [0.4, 0.5) is 0 Å². The van der Waals surface area contributed by atoms with Crippen molar-refractivity contribution in [3.63, 3.8) is 0 Å². The third-order valence-corrected chi connectivity index (χ3v) is 6.86. The highest BCUT2D eigenvalue weighted by Gasteiger charge is 2.35. The Balaban J connectivity index is 1.59. The third kappa shape index (κ3) is 3.86. The minimum absolute atomic E-state index is 0.00453. The molecule has 0 saturated carbocycles. The molecule has 24 heavy (non-hydrogen) atoms. The fourth-order valence-corrected chi connectivity index (χ4v) is 5.61. The summed E-state index contributed by atoms with van der Waals surface area (Å²) in [5, 5.41) is 0. The Morgan fingerprint density at radius 3 is 2.54 bits per heavy atom. The highest BCUT2D eigenvalue weighted by Crippen LogP contribution is 2.26. The molecule has 2 fully saturated rings. The van der Waals surface area contributed by atoms with Crippen molar-refractivity contribution < 1.29 is 18.0 Å². The van der Waals surface area contributed by atoms with E-state index in [0.29, 0.717) is 37.8 Å². The SMILES string of the molecule is O=C(c1ccccc1)C1CCCN1C(=O)CCC1CCS(=O)(=O)C1. The Labute approximate surface area is 143 Å². The molecule has 0 spiro atoms. The summed E-state index contributed by atoms with van der Waals surface area (Å²) in [6.07, 6.45) is 3.13. The number of hydrogen-bond acceptors (Lipinski definition) is 4. The summed E-state index contributed by atoms with van der Waals surface area (Å²) in [4.78, 5) is 26.9. The van der Waals surface area contributed by atoms with Crippen LogP contribution in [0.3, 0.4) is 0 Å². The van der Waals surface area contributed by atoms with Crippen molar-refractivity contribution in [2.75, 3.05) is 18.1 Å². The summed E-state index contributed by atoms with van der Waals surface area (Å²) in [6.45, 7) is 0.616. The second kappa shape index (κ2) is 7.05. The van der Waals surface area contributed by atoms with Gasteiger partial charge in [0, 0.05) is 18.5 Å². The number of hydrogen-bond donors (Lipinski definition) is 0. The molecule has 2 atom stereocenters. The van der Waals surface area contributed by atoms with Crippen LogP contribution in [-0.4, -0.2) is 49.1 Å². The summed E-state index contributed by atoms with van der Waals surface area (Å²) >= 11 is 0. The molecule has 0 aliphatic carbocycles. The number of sulfone groups is 1. The van der Waals surface area contributed by atoms with Crippen LogP contribution >= 0.6 is 0 Å². The highest BCUT2D eigenvalue weighted by molar-refractivity contribution is 7.91. The molecule has 2 aliphatic rings. The van der Waals surface area contributed by atoms with Crippen LogP contribution in [0, 0.1) is 5.92 Å². The van der Waals surface area contributed by atoms with Gasteiger partial charge in [0.25, 0.3) is 0 Å². The van der Waals surface area contributed by atoms with Gasteiger partial charge in [0.15, 0.2) is 15.6 Å².